The van der Waals surface area contributed by atoms with Crippen molar-refractivity contribution in [2.24, 2.45) is 0 Å². The van der Waals surface area contributed by atoms with Gasteiger partial charge < -0.3 is 20.3 Å². The number of carbonyl (C=O) groups is 2. The molecule has 0 bridgehead atoms. The van der Waals surface area contributed by atoms with Gasteiger partial charge in [-0.1, -0.05) is 29.3 Å². The number of benzene rings is 2. The van der Waals surface area contributed by atoms with Crippen LogP contribution in [0.4, 0.5) is 11.4 Å². The zero-order valence-corrected chi connectivity index (χ0v) is 19.1. The van der Waals surface area contributed by atoms with Gasteiger partial charge in [0.15, 0.2) is 0 Å². The van der Waals surface area contributed by atoms with E-state index < -0.39 is 0 Å². The third kappa shape index (κ3) is 5.77. The van der Waals surface area contributed by atoms with E-state index >= 15 is 0 Å². The van der Waals surface area contributed by atoms with E-state index in [1.165, 1.54) is 16.9 Å². The van der Waals surface area contributed by atoms with Crippen LogP contribution in [0.15, 0.2) is 47.8 Å². The number of piperazine rings is 1. The number of amides is 2. The van der Waals surface area contributed by atoms with Crippen LogP contribution in [0, 0.1) is 6.92 Å². The monoisotopic (exact) mass is 470 g/mol. The van der Waals surface area contributed by atoms with Crippen molar-refractivity contribution in [1.82, 2.24) is 10.3 Å². The lowest BCUT2D eigenvalue weighted by molar-refractivity contribution is -0.120. The van der Waals surface area contributed by atoms with Gasteiger partial charge in [-0.15, -0.1) is 11.3 Å². The molecule has 0 saturated carbocycles. The molecule has 166 valence electrons. The van der Waals surface area contributed by atoms with Crippen molar-refractivity contribution in [1.29, 1.82) is 0 Å². The highest BCUT2D eigenvalue weighted by atomic mass is 35.5. The molecule has 2 N–H and O–H groups in total. The van der Waals surface area contributed by atoms with Gasteiger partial charge in [0.2, 0.25) is 11.8 Å². The Balaban J connectivity index is 1.30. The maximum Gasteiger partial charge on any atom is 0.239 e. The lowest BCUT2D eigenvalue weighted by Gasteiger charge is -2.29. The van der Waals surface area contributed by atoms with E-state index in [2.05, 4.69) is 15.6 Å². The summed E-state index contributed by atoms with van der Waals surface area (Å²) < 4.78 is 5.75. The molecule has 4 rings (SSSR count). The fourth-order valence-corrected chi connectivity index (χ4v) is 4.34. The molecule has 32 heavy (non-hydrogen) atoms. The van der Waals surface area contributed by atoms with Crippen molar-refractivity contribution >= 4 is 46.1 Å². The first-order valence-corrected chi connectivity index (χ1v) is 11.5. The Kier molecular flexibility index (Phi) is 6.92. The molecule has 3 aromatic rings. The Morgan fingerprint density at radius 3 is 2.84 bits per heavy atom. The Bertz CT molecular complexity index is 1120. The van der Waals surface area contributed by atoms with Crippen LogP contribution in [0.3, 0.4) is 0 Å². The number of rotatable bonds is 7. The summed E-state index contributed by atoms with van der Waals surface area (Å²) in [4.78, 5) is 30.5. The molecule has 9 heteroatoms. The number of nitrogens with one attached hydrogen (secondary N) is 2. The third-order valence-corrected chi connectivity index (χ3v) is 6.11. The maximum absolute atomic E-state index is 12.5. The molecule has 1 fully saturated rings. The molecule has 1 aromatic heterocycles. The van der Waals surface area contributed by atoms with E-state index in [4.69, 9.17) is 16.3 Å². The van der Waals surface area contributed by atoms with Crippen molar-refractivity contribution in [3.8, 4) is 5.75 Å². The Morgan fingerprint density at radius 2 is 2.09 bits per heavy atom. The quantitative estimate of drug-likeness (QED) is 0.548. The molecule has 0 aliphatic carbocycles. The lowest BCUT2D eigenvalue weighted by Crippen LogP contribution is -2.47. The molecular formula is C23H23ClN4O3S. The van der Waals surface area contributed by atoms with E-state index in [-0.39, 0.29) is 24.8 Å². The molecule has 1 aliphatic heterocycles. The minimum Gasteiger partial charge on any atom is -0.486 e. The van der Waals surface area contributed by atoms with Crippen LogP contribution in [0.25, 0.3) is 0 Å². The molecular weight excluding hydrogens is 448 g/mol. The fraction of sp³-hybridized carbons (Fsp3) is 0.261. The van der Waals surface area contributed by atoms with Crippen LogP contribution >= 0.6 is 22.9 Å². The van der Waals surface area contributed by atoms with E-state index in [1.54, 1.807) is 12.1 Å². The summed E-state index contributed by atoms with van der Waals surface area (Å²) in [6.45, 7) is 3.93. The molecule has 0 unspecified atom stereocenters. The SMILES string of the molecule is Cc1ccc(OCc2nc(CC(=O)Nc3ccc(N4CCNC(=O)C4)c(Cl)c3)cs2)cc1. The number of aromatic nitrogens is 1. The van der Waals surface area contributed by atoms with Crippen molar-refractivity contribution in [3.63, 3.8) is 0 Å². The zero-order valence-electron chi connectivity index (χ0n) is 17.6. The van der Waals surface area contributed by atoms with Crippen LogP contribution < -0.4 is 20.3 Å². The van der Waals surface area contributed by atoms with Crippen molar-refractivity contribution in [2.75, 3.05) is 29.9 Å². The van der Waals surface area contributed by atoms with E-state index in [0.717, 1.165) is 16.4 Å². The number of anilines is 2. The first kappa shape index (κ1) is 22.1. The Hall–Kier alpha value is -3.10. The highest BCUT2D eigenvalue weighted by Crippen LogP contribution is 2.29. The van der Waals surface area contributed by atoms with Crippen molar-refractivity contribution in [3.05, 3.63) is 69.1 Å². The third-order valence-electron chi connectivity index (χ3n) is 4.93. The summed E-state index contributed by atoms with van der Waals surface area (Å²) in [6.07, 6.45) is 0.159. The van der Waals surface area contributed by atoms with Crippen LogP contribution in [-0.2, 0) is 22.6 Å². The Morgan fingerprint density at radius 1 is 1.28 bits per heavy atom. The van der Waals surface area contributed by atoms with E-state index in [9.17, 15) is 9.59 Å². The number of ether oxygens (including phenoxy) is 1. The second-order valence-electron chi connectivity index (χ2n) is 7.50. The number of hydrogen-bond donors (Lipinski definition) is 2. The van der Waals surface area contributed by atoms with Gasteiger partial charge in [-0.2, -0.15) is 0 Å². The molecule has 2 aromatic carbocycles. The highest BCUT2D eigenvalue weighted by Gasteiger charge is 2.19. The van der Waals surface area contributed by atoms with Gasteiger partial charge in [0, 0.05) is 24.2 Å². The molecule has 2 amide bonds. The van der Waals surface area contributed by atoms with Crippen molar-refractivity contribution < 1.29 is 14.3 Å². The topological polar surface area (TPSA) is 83.6 Å². The van der Waals surface area contributed by atoms with Gasteiger partial charge in [0.25, 0.3) is 0 Å². The summed E-state index contributed by atoms with van der Waals surface area (Å²) in [6, 6.07) is 13.1. The van der Waals surface area contributed by atoms with Gasteiger partial charge in [0.1, 0.15) is 17.4 Å². The number of halogens is 1. The van der Waals surface area contributed by atoms with Crippen LogP contribution in [0.1, 0.15) is 16.3 Å². The minimum atomic E-state index is -0.178. The second kappa shape index (κ2) is 10.0. The summed E-state index contributed by atoms with van der Waals surface area (Å²) in [5, 5.41) is 8.81. The molecule has 7 nitrogen and oxygen atoms in total. The number of hydrogen-bond acceptors (Lipinski definition) is 6. The van der Waals surface area contributed by atoms with Crippen molar-refractivity contribution in [2.45, 2.75) is 20.0 Å². The first-order chi connectivity index (χ1) is 15.5. The van der Waals surface area contributed by atoms with Gasteiger partial charge in [0.05, 0.1) is 29.4 Å². The Labute approximate surface area is 195 Å². The standard InChI is InChI=1S/C23H23ClN4O3S/c1-15-2-5-18(6-3-15)31-13-23-27-17(14-32-23)11-21(29)26-16-4-7-20(19(24)10-16)28-9-8-25-22(30)12-28/h2-7,10,14H,8-9,11-13H2,1H3,(H,25,30)(H,26,29). The van der Waals surface area contributed by atoms with Gasteiger partial charge >= 0.3 is 0 Å². The van der Waals surface area contributed by atoms with E-state index in [1.807, 2.05) is 47.5 Å². The molecule has 1 aliphatic rings. The smallest absolute Gasteiger partial charge is 0.239 e. The van der Waals surface area contributed by atoms with Gasteiger partial charge in [-0.25, -0.2) is 4.98 Å². The fourth-order valence-electron chi connectivity index (χ4n) is 3.33. The zero-order chi connectivity index (χ0) is 22.5. The molecule has 2 heterocycles. The average Bonchev–Trinajstić information content (AvgIpc) is 3.20. The van der Waals surface area contributed by atoms with Gasteiger partial charge in [-0.05, 0) is 37.3 Å². The van der Waals surface area contributed by atoms with Crippen LogP contribution in [0.5, 0.6) is 5.75 Å². The summed E-state index contributed by atoms with van der Waals surface area (Å²) in [5.74, 6) is 0.578. The molecule has 0 radical (unpaired) electrons. The summed E-state index contributed by atoms with van der Waals surface area (Å²) in [5.41, 5.74) is 3.24. The number of thiazole rings is 1. The second-order valence-corrected chi connectivity index (χ2v) is 8.85. The minimum absolute atomic E-state index is 0.0309. The normalized spacial score (nSPS) is 13.6. The summed E-state index contributed by atoms with van der Waals surface area (Å²) in [7, 11) is 0. The van der Waals surface area contributed by atoms with Crippen LogP contribution in [-0.4, -0.2) is 36.4 Å². The maximum atomic E-state index is 12.5. The number of carbonyl (C=O) groups excluding carboxylic acids is 2. The molecule has 0 atom stereocenters. The number of aryl methyl sites for hydroxylation is 1. The number of nitrogens with zero attached hydrogens (tertiary/aromatic N) is 2. The predicted molar refractivity (Wildman–Crippen MR) is 127 cm³/mol. The van der Waals surface area contributed by atoms with Gasteiger partial charge in [-0.3, -0.25) is 9.59 Å². The molecule has 0 spiro atoms. The lowest BCUT2D eigenvalue weighted by atomic mass is 10.2. The summed E-state index contributed by atoms with van der Waals surface area (Å²) >= 11 is 7.87. The molecule has 1 saturated heterocycles. The highest BCUT2D eigenvalue weighted by molar-refractivity contribution is 7.09. The largest absolute Gasteiger partial charge is 0.486 e. The first-order valence-electron chi connectivity index (χ1n) is 10.2. The predicted octanol–water partition coefficient (Wildman–Crippen LogP) is 3.80. The van der Waals surface area contributed by atoms with Crippen LogP contribution in [0.2, 0.25) is 5.02 Å². The average molecular weight is 471 g/mol. The van der Waals surface area contributed by atoms with E-state index in [0.29, 0.717) is 36.1 Å².